The number of likely N-dealkylation sites (tertiary alicyclic amines) is 1. The van der Waals surface area contributed by atoms with Crippen LogP contribution in [0, 0.1) is 12.3 Å². The minimum Gasteiger partial charge on any atom is -0.391 e. The van der Waals surface area contributed by atoms with Gasteiger partial charge in [-0.05, 0) is 48.4 Å². The maximum absolute atomic E-state index is 13.6. The second-order valence-corrected chi connectivity index (χ2v) is 11.3. The topological polar surface area (TPSA) is 143 Å². The van der Waals surface area contributed by atoms with Crippen LogP contribution in [0.2, 0.25) is 0 Å². The Labute approximate surface area is 222 Å². The fourth-order valence-corrected chi connectivity index (χ4v) is 5.31. The van der Waals surface area contributed by atoms with Crippen LogP contribution in [0.4, 0.5) is 0 Å². The van der Waals surface area contributed by atoms with E-state index in [1.54, 1.807) is 11.3 Å². The number of nitrogens with zero attached hydrogens (tertiary/aromatic N) is 5. The summed E-state index contributed by atoms with van der Waals surface area (Å²) in [5, 5.41) is 20.1. The number of hydrogen-bond donors (Lipinski definition) is 3. The molecule has 3 atom stereocenters. The first-order valence-electron chi connectivity index (χ1n) is 12.6. The summed E-state index contributed by atoms with van der Waals surface area (Å²) >= 11 is 1.60. The molecule has 2 amide bonds. The smallest absolute Gasteiger partial charge is 0.243 e. The molecule has 2 heterocycles. The first-order valence-corrected chi connectivity index (χ1v) is 13.5. The van der Waals surface area contributed by atoms with Gasteiger partial charge in [0.25, 0.3) is 0 Å². The molecule has 200 valence electrons. The number of azide groups is 1. The van der Waals surface area contributed by atoms with Crippen LogP contribution in [0.3, 0.4) is 0 Å². The molecule has 0 aliphatic carbocycles. The minimum atomic E-state index is -0.744. The van der Waals surface area contributed by atoms with Crippen molar-refractivity contribution in [3.8, 4) is 10.4 Å². The standard InChI is InChI=1S/C26H37N7O3S/c1-17-22(37-16-30-17)19-9-7-18(8-10-19)14-29-24(35)21-13-20(34)15-33(21)25(36)23(26(2,3)4)28-11-5-6-12-31-32-27/h7-10,16,20-21,23,28,34H,5-6,11-15H2,1-4H3,(H,29,35)/t20-,21+,23-/m1/s1. The van der Waals surface area contributed by atoms with Gasteiger partial charge >= 0.3 is 0 Å². The number of aliphatic hydroxyl groups excluding tert-OH is 1. The third-order valence-electron chi connectivity index (χ3n) is 6.50. The Morgan fingerprint density at radius 1 is 1.30 bits per heavy atom. The predicted octanol–water partition coefficient (Wildman–Crippen LogP) is 3.79. The number of β-amino-alcohol motifs (C(OH)–C–C–N with tert-alkyl or cyclic N) is 1. The van der Waals surface area contributed by atoms with E-state index in [2.05, 4.69) is 25.6 Å². The molecule has 3 rings (SSSR count). The summed E-state index contributed by atoms with van der Waals surface area (Å²) in [4.78, 5) is 36.4. The zero-order chi connectivity index (χ0) is 27.0. The van der Waals surface area contributed by atoms with E-state index in [0.717, 1.165) is 34.5 Å². The van der Waals surface area contributed by atoms with Crippen molar-refractivity contribution < 1.29 is 14.7 Å². The van der Waals surface area contributed by atoms with Crippen LogP contribution in [0.5, 0.6) is 0 Å². The number of rotatable bonds is 11. The molecule has 2 aromatic rings. The molecule has 0 spiro atoms. The van der Waals surface area contributed by atoms with Gasteiger partial charge in [-0.15, -0.1) is 11.3 Å². The maximum atomic E-state index is 13.6. The van der Waals surface area contributed by atoms with Crippen LogP contribution in [0.15, 0.2) is 34.9 Å². The summed E-state index contributed by atoms with van der Waals surface area (Å²) < 4.78 is 0. The molecule has 0 unspecified atom stereocenters. The number of amides is 2. The van der Waals surface area contributed by atoms with Crippen LogP contribution in [-0.2, 0) is 16.1 Å². The molecule has 0 saturated carbocycles. The van der Waals surface area contributed by atoms with Gasteiger partial charge in [0.2, 0.25) is 11.8 Å². The molecule has 10 nitrogen and oxygen atoms in total. The number of aromatic nitrogens is 1. The number of carbonyl (C=O) groups excluding carboxylic acids is 2. The van der Waals surface area contributed by atoms with Crippen LogP contribution in [0.25, 0.3) is 20.9 Å². The monoisotopic (exact) mass is 527 g/mol. The minimum absolute atomic E-state index is 0.130. The van der Waals surface area contributed by atoms with E-state index in [0.29, 0.717) is 19.6 Å². The van der Waals surface area contributed by atoms with Gasteiger partial charge in [-0.25, -0.2) is 4.98 Å². The van der Waals surface area contributed by atoms with Gasteiger partial charge in [0.1, 0.15) is 6.04 Å². The van der Waals surface area contributed by atoms with Crippen LogP contribution in [0.1, 0.15) is 51.3 Å². The summed E-state index contributed by atoms with van der Waals surface area (Å²) in [6, 6.07) is 6.74. The Balaban J connectivity index is 1.61. The van der Waals surface area contributed by atoms with E-state index in [1.165, 1.54) is 4.90 Å². The molecule has 37 heavy (non-hydrogen) atoms. The quantitative estimate of drug-likeness (QED) is 0.176. The van der Waals surface area contributed by atoms with Gasteiger partial charge in [-0.3, -0.25) is 9.59 Å². The number of nitrogens with one attached hydrogen (secondary N) is 2. The van der Waals surface area contributed by atoms with E-state index >= 15 is 0 Å². The van der Waals surface area contributed by atoms with Gasteiger partial charge in [0, 0.05) is 31.0 Å². The second kappa shape index (κ2) is 13.0. The van der Waals surface area contributed by atoms with Crippen molar-refractivity contribution in [1.29, 1.82) is 0 Å². The van der Waals surface area contributed by atoms with Crippen molar-refractivity contribution in [2.75, 3.05) is 19.6 Å². The summed E-state index contributed by atoms with van der Waals surface area (Å²) in [5.74, 6) is -0.460. The third kappa shape index (κ3) is 7.75. The summed E-state index contributed by atoms with van der Waals surface area (Å²) in [5.41, 5.74) is 12.9. The Morgan fingerprint density at radius 3 is 2.65 bits per heavy atom. The third-order valence-corrected chi connectivity index (χ3v) is 7.48. The number of aryl methyl sites for hydroxylation is 1. The van der Waals surface area contributed by atoms with Crippen molar-refractivity contribution in [1.82, 2.24) is 20.5 Å². The average Bonchev–Trinajstić information content (AvgIpc) is 3.46. The van der Waals surface area contributed by atoms with Crippen molar-refractivity contribution in [3.05, 3.63) is 51.5 Å². The molecular weight excluding hydrogens is 490 g/mol. The largest absolute Gasteiger partial charge is 0.391 e. The normalized spacial score (nSPS) is 18.4. The van der Waals surface area contributed by atoms with Crippen molar-refractivity contribution in [3.63, 3.8) is 0 Å². The lowest BCUT2D eigenvalue weighted by Gasteiger charge is -2.35. The highest BCUT2D eigenvalue weighted by Crippen LogP contribution is 2.28. The Hall–Kier alpha value is -2.98. The Kier molecular flexibility index (Phi) is 10.0. The van der Waals surface area contributed by atoms with Crippen LogP contribution < -0.4 is 10.6 Å². The zero-order valence-corrected chi connectivity index (χ0v) is 22.8. The maximum Gasteiger partial charge on any atom is 0.243 e. The lowest BCUT2D eigenvalue weighted by atomic mass is 9.85. The van der Waals surface area contributed by atoms with Gasteiger partial charge in [0.05, 0.1) is 28.2 Å². The highest BCUT2D eigenvalue weighted by atomic mass is 32.1. The van der Waals surface area contributed by atoms with E-state index in [1.807, 2.05) is 57.5 Å². The lowest BCUT2D eigenvalue weighted by Crippen LogP contribution is -2.56. The molecular formula is C26H37N7O3S. The van der Waals surface area contributed by atoms with Crippen molar-refractivity contribution in [2.45, 2.75) is 71.7 Å². The number of hydrogen-bond acceptors (Lipinski definition) is 7. The average molecular weight is 528 g/mol. The number of thiazole rings is 1. The number of aliphatic hydroxyl groups is 1. The number of benzene rings is 1. The van der Waals surface area contributed by atoms with E-state index in [4.69, 9.17) is 5.53 Å². The predicted molar refractivity (Wildman–Crippen MR) is 145 cm³/mol. The SMILES string of the molecule is Cc1ncsc1-c1ccc(CNC(=O)[C@@H]2C[C@@H](O)CN2C(=O)[C@@H](NCCCCN=[N+]=[N-])C(C)(C)C)cc1. The molecule has 3 N–H and O–H groups in total. The van der Waals surface area contributed by atoms with E-state index in [9.17, 15) is 14.7 Å². The zero-order valence-electron chi connectivity index (χ0n) is 22.0. The van der Waals surface area contributed by atoms with E-state index < -0.39 is 23.6 Å². The molecule has 1 fully saturated rings. The second-order valence-electron chi connectivity index (χ2n) is 10.5. The highest BCUT2D eigenvalue weighted by molar-refractivity contribution is 7.13. The fourth-order valence-electron chi connectivity index (χ4n) is 4.49. The molecule has 1 saturated heterocycles. The fraction of sp³-hybridized carbons (Fsp3) is 0.577. The number of carbonyl (C=O) groups is 2. The Bertz CT molecular complexity index is 1110. The molecule has 1 aromatic carbocycles. The lowest BCUT2D eigenvalue weighted by molar-refractivity contribution is -0.142. The highest BCUT2D eigenvalue weighted by Gasteiger charge is 2.43. The van der Waals surface area contributed by atoms with Crippen molar-refractivity contribution >= 4 is 23.2 Å². The van der Waals surface area contributed by atoms with Gasteiger partial charge in [-0.1, -0.05) is 50.2 Å². The van der Waals surface area contributed by atoms with Gasteiger partial charge in [0.15, 0.2) is 0 Å². The van der Waals surface area contributed by atoms with Crippen molar-refractivity contribution in [2.24, 2.45) is 10.5 Å². The molecule has 1 aromatic heterocycles. The summed E-state index contributed by atoms with van der Waals surface area (Å²) in [6.45, 7) is 9.37. The molecule has 0 bridgehead atoms. The summed E-state index contributed by atoms with van der Waals surface area (Å²) in [7, 11) is 0. The van der Waals surface area contributed by atoms with Crippen LogP contribution in [-0.4, -0.2) is 64.6 Å². The molecule has 1 aliphatic heterocycles. The first kappa shape index (κ1) is 28.6. The summed E-state index contributed by atoms with van der Waals surface area (Å²) in [6.07, 6.45) is 0.947. The molecule has 1 aliphatic rings. The molecule has 0 radical (unpaired) electrons. The van der Waals surface area contributed by atoms with Gasteiger partial charge < -0.3 is 20.6 Å². The first-order chi connectivity index (χ1) is 17.6. The van der Waals surface area contributed by atoms with Crippen LogP contribution >= 0.6 is 11.3 Å². The van der Waals surface area contributed by atoms with Gasteiger partial charge in [-0.2, -0.15) is 0 Å². The molecule has 11 heteroatoms. The Morgan fingerprint density at radius 2 is 2.03 bits per heavy atom. The number of unbranched alkanes of at least 4 members (excludes halogenated alkanes) is 1. The van der Waals surface area contributed by atoms with E-state index in [-0.39, 0.29) is 24.8 Å².